The van der Waals surface area contributed by atoms with Crippen LogP contribution in [0.3, 0.4) is 0 Å². The van der Waals surface area contributed by atoms with Gasteiger partial charge in [-0.05, 0) is 29.8 Å². The molecule has 0 unspecified atom stereocenters. The van der Waals surface area contributed by atoms with E-state index in [4.69, 9.17) is 11.6 Å². The molecule has 0 fully saturated rings. The number of hydrogen-bond donors (Lipinski definition) is 4. The summed E-state index contributed by atoms with van der Waals surface area (Å²) < 4.78 is 63.4. The van der Waals surface area contributed by atoms with Crippen LogP contribution in [0.5, 0.6) is 0 Å². The van der Waals surface area contributed by atoms with Crippen molar-refractivity contribution in [2.24, 2.45) is 0 Å². The van der Waals surface area contributed by atoms with Crippen LogP contribution >= 0.6 is 11.6 Å². The summed E-state index contributed by atoms with van der Waals surface area (Å²) in [5.74, 6) is -2.98. The van der Waals surface area contributed by atoms with Gasteiger partial charge in [-0.3, -0.25) is 9.99 Å². The van der Waals surface area contributed by atoms with Gasteiger partial charge in [0.05, 0.1) is 46.8 Å². The summed E-state index contributed by atoms with van der Waals surface area (Å²) in [6.07, 6.45) is 3.67. The maximum Gasteiger partial charge on any atom is 0.249 e. The summed E-state index contributed by atoms with van der Waals surface area (Å²) in [4.78, 5) is 7.60. The molecule has 2 aromatic heterocycles. The third kappa shape index (κ3) is 4.97. The molecule has 1 aliphatic rings. The number of nitrogens with one attached hydrogen (secondary N) is 4. The molecule has 0 bridgehead atoms. The highest BCUT2D eigenvalue weighted by Gasteiger charge is 2.23. The summed E-state index contributed by atoms with van der Waals surface area (Å²) >= 11 is 6.53. The summed E-state index contributed by atoms with van der Waals surface area (Å²) in [6, 6.07) is 9.28. The van der Waals surface area contributed by atoms with Crippen molar-refractivity contribution >= 4 is 39.6 Å². The van der Waals surface area contributed by atoms with Gasteiger partial charge >= 0.3 is 0 Å². The third-order valence-corrected chi connectivity index (χ3v) is 5.82. The van der Waals surface area contributed by atoms with E-state index in [0.29, 0.717) is 10.9 Å². The Morgan fingerprint density at radius 2 is 1.89 bits per heavy atom. The number of nitrogens with zero attached hydrogens (tertiary/aromatic N) is 4. The molecule has 5 rings (SSSR count). The third-order valence-electron chi connectivity index (χ3n) is 5.53. The van der Waals surface area contributed by atoms with Crippen LogP contribution in [0.4, 0.5) is 34.6 Å². The van der Waals surface area contributed by atoms with Crippen LogP contribution in [0.15, 0.2) is 66.8 Å². The molecule has 0 aliphatic carbocycles. The molecule has 192 valence electrons. The quantitative estimate of drug-likeness (QED) is 0.137. The highest BCUT2D eigenvalue weighted by Crippen LogP contribution is 2.37. The molecule has 0 saturated carbocycles. The van der Waals surface area contributed by atoms with E-state index in [-0.39, 0.29) is 38.9 Å². The number of fused-ring (bicyclic) bond motifs is 1. The molecule has 3 heterocycles. The minimum absolute atomic E-state index is 0.0613. The van der Waals surface area contributed by atoms with Crippen LogP contribution in [0.2, 0.25) is 5.02 Å². The number of aromatic nitrogens is 2. The average Bonchev–Trinajstić information content (AvgIpc) is 3.42. The van der Waals surface area contributed by atoms with Gasteiger partial charge in [0, 0.05) is 29.5 Å². The van der Waals surface area contributed by atoms with E-state index in [9.17, 15) is 24.2 Å². The molecule has 0 saturated heterocycles. The number of halogens is 5. The fourth-order valence-corrected chi connectivity index (χ4v) is 4.05. The second kappa shape index (κ2) is 10.4. The van der Waals surface area contributed by atoms with Gasteiger partial charge in [-0.25, -0.2) is 18.2 Å². The topological polar surface area (TPSA) is 101 Å². The molecule has 4 aromatic rings. The summed E-state index contributed by atoms with van der Waals surface area (Å²) in [7, 11) is 0. The van der Waals surface area contributed by atoms with E-state index in [1.165, 1.54) is 42.7 Å². The van der Waals surface area contributed by atoms with Gasteiger partial charge in [0.15, 0.2) is 12.6 Å². The Morgan fingerprint density at radius 3 is 2.58 bits per heavy atom. The summed E-state index contributed by atoms with van der Waals surface area (Å²) in [6.45, 7) is -0.895. The van der Waals surface area contributed by atoms with E-state index < -0.39 is 30.4 Å². The lowest BCUT2D eigenvalue weighted by Crippen LogP contribution is -2.37. The van der Waals surface area contributed by atoms with Gasteiger partial charge in [-0.15, -0.1) is 5.53 Å². The number of alkyl halides is 1. The predicted octanol–water partition coefficient (Wildman–Crippen LogP) is 5.56. The largest absolute Gasteiger partial charge is 0.373 e. The molecular formula is C25H17ClF4N8. The van der Waals surface area contributed by atoms with Crippen LogP contribution < -0.4 is 21.6 Å². The van der Waals surface area contributed by atoms with Crippen molar-refractivity contribution in [3.8, 4) is 6.07 Å². The van der Waals surface area contributed by atoms with Gasteiger partial charge in [-0.1, -0.05) is 23.7 Å². The molecule has 0 radical (unpaired) electrons. The molecule has 1 aliphatic heterocycles. The Balaban J connectivity index is 1.63. The smallest absolute Gasteiger partial charge is 0.249 e. The van der Waals surface area contributed by atoms with Crippen molar-refractivity contribution in [2.75, 3.05) is 17.4 Å². The molecule has 4 N–H and O–H groups in total. The number of benzene rings is 2. The molecule has 8 nitrogen and oxygen atoms in total. The number of hydrogen-bond acceptors (Lipinski definition) is 8. The highest BCUT2D eigenvalue weighted by atomic mass is 35.5. The van der Waals surface area contributed by atoms with Crippen LogP contribution in [0.1, 0.15) is 18.5 Å². The van der Waals surface area contributed by atoms with E-state index in [2.05, 4.69) is 31.6 Å². The first kappa shape index (κ1) is 23.8. The molecule has 1 atom stereocenters. The van der Waals surface area contributed by atoms with Gasteiger partial charge in [-0.2, -0.15) is 9.65 Å². The summed E-state index contributed by atoms with van der Waals surface area (Å²) in [5.41, 5.74) is 6.65. The first-order chi connectivity index (χ1) is 18.7. The van der Waals surface area contributed by atoms with Crippen molar-refractivity contribution in [2.45, 2.75) is 6.02 Å². The lowest BCUT2D eigenvalue weighted by molar-refractivity contribution is 0.185. The molecule has 0 amide bonds. The van der Waals surface area contributed by atoms with Crippen LogP contribution in [-0.2, 0) is 0 Å². The highest BCUT2D eigenvalue weighted by molar-refractivity contribution is 6.36. The van der Waals surface area contributed by atoms with Gasteiger partial charge in [0.25, 0.3) is 0 Å². The molecule has 38 heavy (non-hydrogen) atoms. The molecule has 2 aromatic carbocycles. The predicted molar refractivity (Wildman–Crippen MR) is 134 cm³/mol. The van der Waals surface area contributed by atoms with Crippen molar-refractivity contribution in [1.29, 1.82) is 5.26 Å². The number of rotatable bonds is 7. The van der Waals surface area contributed by atoms with Crippen molar-refractivity contribution in [3.05, 3.63) is 100 Å². The van der Waals surface area contributed by atoms with Crippen molar-refractivity contribution in [3.63, 3.8) is 0 Å². The van der Waals surface area contributed by atoms with E-state index in [1.54, 1.807) is 6.07 Å². The average molecular weight is 542 g/mol. The zero-order chi connectivity index (χ0) is 27.7. The van der Waals surface area contributed by atoms with Crippen LogP contribution in [-0.4, -0.2) is 21.8 Å². The van der Waals surface area contributed by atoms with Crippen molar-refractivity contribution < 1.29 is 18.9 Å². The maximum absolute atomic E-state index is 13.8. The standard InChI is InChI=1S/C25H17ClF4N8/c26-19-6-16(34-23(13-1-3-15(28)4-2-13)21-11-38(12-27)37-36-21)5-18-22(14(8-31)9-32-24(18)19)35-17-7-20(29)25(30)33-10-17/h1-7,9-11,23,34,36-37H,12H2,(H,32,35)/t23-/m1/s1/i23D. The van der Waals surface area contributed by atoms with Crippen LogP contribution in [0, 0.1) is 28.9 Å². The van der Waals surface area contributed by atoms with E-state index in [1.807, 2.05) is 6.07 Å². The maximum atomic E-state index is 13.8. The fraction of sp³-hybridized carbons (Fsp3) is 0.0800. The second-order valence-electron chi connectivity index (χ2n) is 8.01. The first-order valence-corrected chi connectivity index (χ1v) is 11.3. The minimum Gasteiger partial charge on any atom is -0.373 e. The zero-order valence-electron chi connectivity index (χ0n) is 20.2. The Labute approximate surface area is 219 Å². The van der Waals surface area contributed by atoms with E-state index >= 15 is 0 Å². The second-order valence-corrected chi connectivity index (χ2v) is 8.42. The normalized spacial score (nSPS) is 14.8. The lowest BCUT2D eigenvalue weighted by atomic mass is 10.0. The molecule has 0 spiro atoms. The first-order valence-electron chi connectivity index (χ1n) is 11.4. The fourth-order valence-electron chi connectivity index (χ4n) is 3.78. The number of anilines is 3. The SMILES string of the molecule is [2H][C@](Nc1cc(Cl)c2ncc(C#N)c(Nc3cnc(F)c(F)c3)c2c1)(C1=CN(CF)NN1)c1ccc(F)cc1. The van der Waals surface area contributed by atoms with E-state index in [0.717, 1.165) is 17.3 Å². The van der Waals surface area contributed by atoms with Crippen molar-refractivity contribution in [1.82, 2.24) is 25.9 Å². The number of pyridine rings is 2. The summed E-state index contributed by atoms with van der Waals surface area (Å²) in [5, 5.41) is 17.1. The Bertz CT molecular complexity index is 1650. The monoisotopic (exact) mass is 541 g/mol. The zero-order valence-corrected chi connectivity index (χ0v) is 19.9. The molecular weight excluding hydrogens is 524 g/mol. The van der Waals surface area contributed by atoms with Crippen LogP contribution in [0.25, 0.3) is 10.9 Å². The Kier molecular flexibility index (Phi) is 6.51. The van der Waals surface area contributed by atoms with Gasteiger partial charge in [0.2, 0.25) is 5.95 Å². The number of nitriles is 1. The van der Waals surface area contributed by atoms with Gasteiger partial charge < -0.3 is 16.1 Å². The Hall–Kier alpha value is -4.60. The number of hydrazine groups is 2. The lowest BCUT2D eigenvalue weighted by Gasteiger charge is -2.22. The minimum atomic E-state index is -1.81. The van der Waals surface area contributed by atoms with Gasteiger partial charge in [0.1, 0.15) is 11.9 Å². The Morgan fingerprint density at radius 1 is 1.11 bits per heavy atom. The molecule has 13 heteroatoms.